The second-order valence-electron chi connectivity index (χ2n) is 4.11. The second-order valence-corrected chi connectivity index (χ2v) is 5.10. The van der Waals surface area contributed by atoms with Crippen LogP contribution >= 0.6 is 11.8 Å². The Morgan fingerprint density at radius 3 is 2.94 bits per heavy atom. The lowest BCUT2D eigenvalue weighted by molar-refractivity contribution is 0.475. The molecule has 2 heterocycles. The molecule has 0 radical (unpaired) electrons. The van der Waals surface area contributed by atoms with Gasteiger partial charge in [0.05, 0.1) is 5.69 Å². The number of nitrogens with one attached hydrogen (secondary N) is 1. The number of benzene rings is 1. The van der Waals surface area contributed by atoms with Crippen LogP contribution in [0.2, 0.25) is 0 Å². The molecule has 5 heteroatoms. The molecule has 1 aliphatic rings. The standard InChI is InChI=1S/C13H13N3OS/c1-14-13-10-6-18-7-11(10)15-12(16-13)8-3-2-4-9(17)5-8/h2-5,17H,6-7H2,1H3,(H,14,15,16). The summed E-state index contributed by atoms with van der Waals surface area (Å²) in [4.78, 5) is 9.12. The maximum Gasteiger partial charge on any atom is 0.161 e. The molecule has 18 heavy (non-hydrogen) atoms. The highest BCUT2D eigenvalue weighted by atomic mass is 32.2. The van der Waals surface area contributed by atoms with E-state index in [1.165, 1.54) is 5.56 Å². The van der Waals surface area contributed by atoms with E-state index in [4.69, 9.17) is 0 Å². The van der Waals surface area contributed by atoms with Crippen LogP contribution in [0.5, 0.6) is 5.75 Å². The molecule has 4 nitrogen and oxygen atoms in total. The number of phenolic OH excluding ortho intramolecular Hbond substituents is 1. The van der Waals surface area contributed by atoms with E-state index >= 15 is 0 Å². The largest absolute Gasteiger partial charge is 0.508 e. The average Bonchev–Trinajstić information content (AvgIpc) is 2.85. The van der Waals surface area contributed by atoms with E-state index in [0.717, 1.165) is 28.6 Å². The monoisotopic (exact) mass is 259 g/mol. The van der Waals surface area contributed by atoms with Gasteiger partial charge in [-0.1, -0.05) is 12.1 Å². The Morgan fingerprint density at radius 1 is 1.28 bits per heavy atom. The molecule has 1 aromatic heterocycles. The smallest absolute Gasteiger partial charge is 0.161 e. The molecule has 0 saturated carbocycles. The predicted octanol–water partition coefficient (Wildman–Crippen LogP) is 2.64. The third kappa shape index (κ3) is 1.90. The van der Waals surface area contributed by atoms with E-state index in [9.17, 15) is 5.11 Å². The zero-order chi connectivity index (χ0) is 12.5. The molecule has 2 aromatic rings. The molecule has 0 saturated heterocycles. The zero-order valence-corrected chi connectivity index (χ0v) is 10.8. The van der Waals surface area contributed by atoms with Crippen molar-refractivity contribution in [3.63, 3.8) is 0 Å². The van der Waals surface area contributed by atoms with Gasteiger partial charge in [-0.3, -0.25) is 0 Å². The Bertz CT molecular complexity index is 601. The maximum absolute atomic E-state index is 9.52. The quantitative estimate of drug-likeness (QED) is 0.868. The summed E-state index contributed by atoms with van der Waals surface area (Å²) >= 11 is 1.85. The van der Waals surface area contributed by atoms with Crippen LogP contribution in [0, 0.1) is 0 Å². The molecule has 0 spiro atoms. The summed E-state index contributed by atoms with van der Waals surface area (Å²) in [6, 6.07) is 7.03. The molecule has 3 rings (SSSR count). The number of nitrogens with zero attached hydrogens (tertiary/aromatic N) is 2. The Balaban J connectivity index is 2.13. The lowest BCUT2D eigenvalue weighted by Crippen LogP contribution is -2.03. The van der Waals surface area contributed by atoms with Gasteiger partial charge in [0.2, 0.25) is 0 Å². The molecule has 1 aliphatic heterocycles. The average molecular weight is 259 g/mol. The van der Waals surface area contributed by atoms with Crippen LogP contribution < -0.4 is 5.32 Å². The maximum atomic E-state index is 9.52. The van der Waals surface area contributed by atoms with Gasteiger partial charge in [-0.2, -0.15) is 11.8 Å². The van der Waals surface area contributed by atoms with Crippen molar-refractivity contribution < 1.29 is 5.11 Å². The second kappa shape index (κ2) is 4.49. The van der Waals surface area contributed by atoms with Gasteiger partial charge in [0.1, 0.15) is 11.6 Å². The lowest BCUT2D eigenvalue weighted by Gasteiger charge is -2.09. The van der Waals surface area contributed by atoms with Crippen LogP contribution in [0.4, 0.5) is 5.82 Å². The summed E-state index contributed by atoms with van der Waals surface area (Å²) in [6.07, 6.45) is 0. The fraction of sp³-hybridized carbons (Fsp3) is 0.231. The molecule has 0 bridgehead atoms. The highest BCUT2D eigenvalue weighted by Crippen LogP contribution is 2.34. The molecule has 0 fully saturated rings. The van der Waals surface area contributed by atoms with Crippen molar-refractivity contribution in [2.75, 3.05) is 12.4 Å². The number of rotatable bonds is 2. The van der Waals surface area contributed by atoms with Crippen LogP contribution in [0.25, 0.3) is 11.4 Å². The number of thioether (sulfide) groups is 1. The van der Waals surface area contributed by atoms with Gasteiger partial charge in [0, 0.05) is 29.7 Å². The SMILES string of the molecule is CNc1nc(-c2cccc(O)c2)nc2c1CSC2. The minimum atomic E-state index is 0.233. The lowest BCUT2D eigenvalue weighted by atomic mass is 10.1. The van der Waals surface area contributed by atoms with Crippen LogP contribution in [-0.4, -0.2) is 22.1 Å². The molecule has 0 amide bonds. The van der Waals surface area contributed by atoms with Crippen molar-refractivity contribution in [3.05, 3.63) is 35.5 Å². The van der Waals surface area contributed by atoms with E-state index in [1.54, 1.807) is 18.2 Å². The van der Waals surface area contributed by atoms with Gasteiger partial charge in [-0.05, 0) is 12.1 Å². The fourth-order valence-corrected chi connectivity index (χ4v) is 3.07. The summed E-state index contributed by atoms with van der Waals surface area (Å²) < 4.78 is 0. The zero-order valence-electron chi connectivity index (χ0n) is 9.97. The van der Waals surface area contributed by atoms with Gasteiger partial charge < -0.3 is 10.4 Å². The molecule has 0 unspecified atom stereocenters. The van der Waals surface area contributed by atoms with Crippen molar-refractivity contribution in [3.8, 4) is 17.1 Å². The van der Waals surface area contributed by atoms with Crippen molar-refractivity contribution in [2.45, 2.75) is 11.5 Å². The minimum Gasteiger partial charge on any atom is -0.508 e. The summed E-state index contributed by atoms with van der Waals surface area (Å²) in [5.74, 6) is 3.68. The van der Waals surface area contributed by atoms with Gasteiger partial charge >= 0.3 is 0 Å². The normalized spacial score (nSPS) is 13.4. The van der Waals surface area contributed by atoms with Gasteiger partial charge in [0.25, 0.3) is 0 Å². The van der Waals surface area contributed by atoms with E-state index in [-0.39, 0.29) is 5.75 Å². The third-order valence-corrected chi connectivity index (χ3v) is 3.89. The van der Waals surface area contributed by atoms with Gasteiger partial charge in [-0.15, -0.1) is 0 Å². The van der Waals surface area contributed by atoms with Crippen molar-refractivity contribution in [1.82, 2.24) is 9.97 Å². The predicted molar refractivity (Wildman–Crippen MR) is 73.7 cm³/mol. The number of aromatic hydroxyl groups is 1. The number of aromatic nitrogens is 2. The van der Waals surface area contributed by atoms with Gasteiger partial charge in [0.15, 0.2) is 5.82 Å². The number of hydrogen-bond acceptors (Lipinski definition) is 5. The topological polar surface area (TPSA) is 58.0 Å². The first-order chi connectivity index (χ1) is 8.78. The first-order valence-electron chi connectivity index (χ1n) is 5.72. The molecule has 2 N–H and O–H groups in total. The van der Waals surface area contributed by atoms with Crippen molar-refractivity contribution >= 4 is 17.6 Å². The molecule has 0 atom stereocenters. The molecular weight excluding hydrogens is 246 g/mol. The summed E-state index contributed by atoms with van der Waals surface area (Å²) in [6.45, 7) is 0. The van der Waals surface area contributed by atoms with E-state index < -0.39 is 0 Å². The highest BCUT2D eigenvalue weighted by molar-refractivity contribution is 7.98. The Labute approximate surface area is 109 Å². The van der Waals surface area contributed by atoms with E-state index in [1.807, 2.05) is 24.9 Å². The van der Waals surface area contributed by atoms with E-state index in [0.29, 0.717) is 5.82 Å². The first-order valence-corrected chi connectivity index (χ1v) is 6.88. The summed E-state index contributed by atoms with van der Waals surface area (Å²) in [5.41, 5.74) is 3.13. The minimum absolute atomic E-state index is 0.233. The number of fused-ring (bicyclic) bond motifs is 1. The van der Waals surface area contributed by atoms with Crippen LogP contribution in [0.15, 0.2) is 24.3 Å². The van der Waals surface area contributed by atoms with Gasteiger partial charge in [-0.25, -0.2) is 9.97 Å². The fourth-order valence-electron chi connectivity index (χ4n) is 2.03. The summed E-state index contributed by atoms with van der Waals surface area (Å²) in [7, 11) is 1.87. The number of hydrogen-bond donors (Lipinski definition) is 2. The Kier molecular flexibility index (Phi) is 2.83. The first kappa shape index (κ1) is 11.3. The van der Waals surface area contributed by atoms with Crippen molar-refractivity contribution in [1.29, 1.82) is 0 Å². The van der Waals surface area contributed by atoms with Crippen LogP contribution in [0.1, 0.15) is 11.3 Å². The van der Waals surface area contributed by atoms with E-state index in [2.05, 4.69) is 15.3 Å². The molecular formula is C13H13N3OS. The van der Waals surface area contributed by atoms with Crippen LogP contribution in [0.3, 0.4) is 0 Å². The number of anilines is 1. The summed E-state index contributed by atoms with van der Waals surface area (Å²) in [5, 5.41) is 12.6. The Hall–Kier alpha value is -1.75. The Morgan fingerprint density at radius 2 is 2.17 bits per heavy atom. The number of phenols is 1. The highest BCUT2D eigenvalue weighted by Gasteiger charge is 2.19. The third-order valence-electron chi connectivity index (χ3n) is 2.92. The molecule has 92 valence electrons. The van der Waals surface area contributed by atoms with Crippen LogP contribution in [-0.2, 0) is 11.5 Å². The molecule has 0 aliphatic carbocycles. The van der Waals surface area contributed by atoms with Crippen molar-refractivity contribution in [2.24, 2.45) is 0 Å². The molecule has 1 aromatic carbocycles.